The third kappa shape index (κ3) is 2.44. The lowest BCUT2D eigenvalue weighted by Gasteiger charge is -2.11. The zero-order valence-corrected chi connectivity index (χ0v) is 11.7. The lowest BCUT2D eigenvalue weighted by atomic mass is 10.2. The SMILES string of the molecule is CCC(Nc1nc2cc(C)ccn2n1)c1nccs1. The van der Waals surface area contributed by atoms with Crippen LogP contribution in [0.15, 0.2) is 29.9 Å². The molecular weight excluding hydrogens is 258 g/mol. The van der Waals surface area contributed by atoms with Crippen molar-refractivity contribution in [1.29, 1.82) is 0 Å². The molecule has 1 unspecified atom stereocenters. The van der Waals surface area contributed by atoms with Crippen molar-refractivity contribution in [3.05, 3.63) is 40.5 Å². The van der Waals surface area contributed by atoms with Crippen molar-refractivity contribution in [2.24, 2.45) is 0 Å². The third-order valence-electron chi connectivity index (χ3n) is 2.95. The molecule has 0 fully saturated rings. The Balaban J connectivity index is 1.88. The molecule has 0 aliphatic rings. The molecule has 6 heteroatoms. The van der Waals surface area contributed by atoms with Gasteiger partial charge in [-0.05, 0) is 31.0 Å². The first-order chi connectivity index (χ1) is 9.26. The molecule has 0 spiro atoms. The Morgan fingerprint density at radius 2 is 2.37 bits per heavy atom. The average Bonchev–Trinajstić information content (AvgIpc) is 3.04. The summed E-state index contributed by atoms with van der Waals surface area (Å²) in [7, 11) is 0. The summed E-state index contributed by atoms with van der Waals surface area (Å²) in [6, 6.07) is 4.20. The van der Waals surface area contributed by atoms with Crippen LogP contribution in [0.3, 0.4) is 0 Å². The topological polar surface area (TPSA) is 55.1 Å². The Morgan fingerprint density at radius 3 is 3.11 bits per heavy atom. The second kappa shape index (κ2) is 4.97. The summed E-state index contributed by atoms with van der Waals surface area (Å²) in [5.41, 5.74) is 2.04. The normalized spacial score (nSPS) is 12.7. The first-order valence-electron chi connectivity index (χ1n) is 6.25. The molecule has 98 valence electrons. The number of pyridine rings is 1. The minimum Gasteiger partial charge on any atom is -0.344 e. The standard InChI is InChI=1S/C13H15N5S/c1-3-10(12-14-5-7-19-12)15-13-16-11-8-9(2)4-6-18(11)17-13/h4-8,10H,3H2,1-2H3,(H,15,17). The summed E-state index contributed by atoms with van der Waals surface area (Å²) >= 11 is 1.65. The van der Waals surface area contributed by atoms with Crippen LogP contribution in [-0.2, 0) is 0 Å². The lowest BCUT2D eigenvalue weighted by Crippen LogP contribution is -2.10. The monoisotopic (exact) mass is 273 g/mol. The van der Waals surface area contributed by atoms with Crippen LogP contribution in [0.2, 0.25) is 0 Å². The van der Waals surface area contributed by atoms with Crippen molar-refractivity contribution >= 4 is 22.9 Å². The van der Waals surface area contributed by atoms with E-state index >= 15 is 0 Å². The molecule has 19 heavy (non-hydrogen) atoms. The van der Waals surface area contributed by atoms with Crippen LogP contribution in [0, 0.1) is 6.92 Å². The molecule has 0 bridgehead atoms. The molecule has 0 aliphatic heterocycles. The zero-order valence-electron chi connectivity index (χ0n) is 10.9. The number of hydrogen-bond donors (Lipinski definition) is 1. The largest absolute Gasteiger partial charge is 0.344 e. The van der Waals surface area contributed by atoms with Crippen molar-refractivity contribution in [3.8, 4) is 0 Å². The molecule has 1 atom stereocenters. The number of aromatic nitrogens is 4. The molecule has 3 heterocycles. The van der Waals surface area contributed by atoms with E-state index in [1.807, 2.05) is 36.8 Å². The van der Waals surface area contributed by atoms with Gasteiger partial charge in [0.1, 0.15) is 5.01 Å². The molecule has 0 saturated heterocycles. The van der Waals surface area contributed by atoms with E-state index in [0.717, 1.165) is 17.1 Å². The Kier molecular flexibility index (Phi) is 3.16. The highest BCUT2D eigenvalue weighted by molar-refractivity contribution is 7.09. The number of thiazole rings is 1. The predicted molar refractivity (Wildman–Crippen MR) is 76.5 cm³/mol. The second-order valence-corrected chi connectivity index (χ2v) is 5.34. The fraction of sp³-hybridized carbons (Fsp3) is 0.308. The predicted octanol–water partition coefficient (Wildman–Crippen LogP) is 3.06. The smallest absolute Gasteiger partial charge is 0.243 e. The maximum atomic E-state index is 4.49. The van der Waals surface area contributed by atoms with Crippen LogP contribution < -0.4 is 5.32 Å². The van der Waals surface area contributed by atoms with Crippen molar-refractivity contribution < 1.29 is 0 Å². The van der Waals surface area contributed by atoms with E-state index in [4.69, 9.17) is 0 Å². The second-order valence-electron chi connectivity index (χ2n) is 4.42. The highest BCUT2D eigenvalue weighted by Gasteiger charge is 2.14. The number of hydrogen-bond acceptors (Lipinski definition) is 5. The highest BCUT2D eigenvalue weighted by atomic mass is 32.1. The first-order valence-corrected chi connectivity index (χ1v) is 7.13. The molecule has 0 aromatic carbocycles. The minimum absolute atomic E-state index is 0.165. The average molecular weight is 273 g/mol. The maximum Gasteiger partial charge on any atom is 0.243 e. The quantitative estimate of drug-likeness (QED) is 0.793. The van der Waals surface area contributed by atoms with E-state index in [1.54, 1.807) is 15.9 Å². The molecule has 5 nitrogen and oxygen atoms in total. The van der Waals surface area contributed by atoms with Crippen LogP contribution in [0.25, 0.3) is 5.65 Å². The van der Waals surface area contributed by atoms with Crippen molar-refractivity contribution in [2.45, 2.75) is 26.3 Å². The van der Waals surface area contributed by atoms with E-state index in [1.165, 1.54) is 5.56 Å². The minimum atomic E-state index is 0.165. The van der Waals surface area contributed by atoms with Gasteiger partial charge in [-0.15, -0.1) is 16.4 Å². The van der Waals surface area contributed by atoms with Gasteiger partial charge in [0.25, 0.3) is 0 Å². The number of rotatable bonds is 4. The molecule has 0 radical (unpaired) electrons. The third-order valence-corrected chi connectivity index (χ3v) is 3.84. The fourth-order valence-corrected chi connectivity index (χ4v) is 2.72. The van der Waals surface area contributed by atoms with Crippen LogP contribution in [-0.4, -0.2) is 19.6 Å². The van der Waals surface area contributed by atoms with E-state index in [2.05, 4.69) is 27.3 Å². The molecule has 1 N–H and O–H groups in total. The fourth-order valence-electron chi connectivity index (χ4n) is 1.95. The Hall–Kier alpha value is -1.95. The molecule has 0 saturated carbocycles. The maximum absolute atomic E-state index is 4.49. The van der Waals surface area contributed by atoms with Gasteiger partial charge >= 0.3 is 0 Å². The summed E-state index contributed by atoms with van der Waals surface area (Å²) in [5, 5.41) is 10.8. The van der Waals surface area contributed by atoms with E-state index in [0.29, 0.717) is 5.95 Å². The molecule has 0 aliphatic carbocycles. The van der Waals surface area contributed by atoms with E-state index < -0.39 is 0 Å². The number of anilines is 1. The first kappa shape index (κ1) is 12.1. The summed E-state index contributed by atoms with van der Waals surface area (Å²) < 4.78 is 1.78. The van der Waals surface area contributed by atoms with Gasteiger partial charge in [-0.1, -0.05) is 6.92 Å². The molecule has 3 aromatic heterocycles. The van der Waals surface area contributed by atoms with E-state index in [9.17, 15) is 0 Å². The Labute approximate surface area is 115 Å². The lowest BCUT2D eigenvalue weighted by molar-refractivity contribution is 0.731. The van der Waals surface area contributed by atoms with Crippen molar-refractivity contribution in [2.75, 3.05) is 5.32 Å². The summed E-state index contributed by atoms with van der Waals surface area (Å²) in [5.74, 6) is 0.646. The van der Waals surface area contributed by atoms with E-state index in [-0.39, 0.29) is 6.04 Å². The highest BCUT2D eigenvalue weighted by Crippen LogP contribution is 2.22. The van der Waals surface area contributed by atoms with Crippen LogP contribution in [0.1, 0.15) is 30.0 Å². The van der Waals surface area contributed by atoms with Gasteiger partial charge in [0.2, 0.25) is 5.95 Å². The van der Waals surface area contributed by atoms with Crippen LogP contribution in [0.5, 0.6) is 0 Å². The van der Waals surface area contributed by atoms with Gasteiger partial charge in [0.15, 0.2) is 5.65 Å². The van der Waals surface area contributed by atoms with Gasteiger partial charge in [0.05, 0.1) is 6.04 Å². The van der Waals surface area contributed by atoms with Crippen LogP contribution in [0.4, 0.5) is 5.95 Å². The molecule has 0 amide bonds. The Morgan fingerprint density at radius 1 is 1.47 bits per heavy atom. The van der Waals surface area contributed by atoms with Gasteiger partial charge < -0.3 is 5.32 Å². The van der Waals surface area contributed by atoms with Crippen molar-refractivity contribution in [3.63, 3.8) is 0 Å². The van der Waals surface area contributed by atoms with Gasteiger partial charge in [0, 0.05) is 17.8 Å². The zero-order chi connectivity index (χ0) is 13.2. The Bertz CT molecular complexity index is 673. The summed E-state index contributed by atoms with van der Waals surface area (Å²) in [6.07, 6.45) is 4.69. The molecule has 3 aromatic rings. The number of nitrogens with zero attached hydrogens (tertiary/aromatic N) is 4. The van der Waals surface area contributed by atoms with Gasteiger partial charge in [-0.25, -0.2) is 9.50 Å². The molecular formula is C13H15N5S. The summed E-state index contributed by atoms with van der Waals surface area (Å²) in [4.78, 5) is 8.83. The summed E-state index contributed by atoms with van der Waals surface area (Å²) in [6.45, 7) is 4.17. The number of nitrogens with one attached hydrogen (secondary N) is 1. The van der Waals surface area contributed by atoms with Gasteiger partial charge in [-0.3, -0.25) is 0 Å². The number of aryl methyl sites for hydroxylation is 1. The molecule has 3 rings (SSSR count). The van der Waals surface area contributed by atoms with Crippen molar-refractivity contribution in [1.82, 2.24) is 19.6 Å². The van der Waals surface area contributed by atoms with Crippen LogP contribution >= 0.6 is 11.3 Å². The number of fused-ring (bicyclic) bond motifs is 1. The van der Waals surface area contributed by atoms with Gasteiger partial charge in [-0.2, -0.15) is 4.98 Å².